The molecule has 0 bridgehead atoms. The second kappa shape index (κ2) is 3.71. The van der Waals surface area contributed by atoms with Crippen molar-refractivity contribution in [3.05, 3.63) is 22.5 Å². The molecule has 0 spiro atoms. The lowest BCUT2D eigenvalue weighted by atomic mass is 10.3. The number of aryl methyl sites for hydroxylation is 2. The second-order valence-corrected chi connectivity index (χ2v) is 4.51. The second-order valence-electron chi connectivity index (χ2n) is 3.51. The number of carboxylic acid groups (broad SMARTS) is 1. The van der Waals surface area contributed by atoms with E-state index >= 15 is 0 Å². The van der Waals surface area contributed by atoms with Crippen LogP contribution in [0.15, 0.2) is 6.20 Å². The minimum Gasteiger partial charge on any atom is -0.477 e. The van der Waals surface area contributed by atoms with E-state index in [0.29, 0.717) is 15.6 Å². The highest BCUT2D eigenvalue weighted by Crippen LogP contribution is 2.29. The molecule has 0 unspecified atom stereocenters. The predicted molar refractivity (Wildman–Crippen MR) is 60.7 cm³/mol. The molecule has 2 rings (SSSR count). The lowest BCUT2D eigenvalue weighted by molar-refractivity contribution is 0.0701. The van der Waals surface area contributed by atoms with Gasteiger partial charge in [-0.25, -0.2) is 9.78 Å². The molecule has 0 radical (unpaired) electrons. The van der Waals surface area contributed by atoms with Gasteiger partial charge in [0.2, 0.25) is 0 Å². The first-order chi connectivity index (χ1) is 7.50. The van der Waals surface area contributed by atoms with Gasteiger partial charge in [0.25, 0.3) is 0 Å². The number of nitrogens with zero attached hydrogens (tertiary/aromatic N) is 3. The maximum atomic E-state index is 10.9. The maximum Gasteiger partial charge on any atom is 0.347 e. The van der Waals surface area contributed by atoms with Gasteiger partial charge in [-0.05, 0) is 13.8 Å². The fraction of sp³-hybridized carbons (Fsp3) is 0.300. The molecule has 2 aromatic rings. The van der Waals surface area contributed by atoms with E-state index in [1.807, 2.05) is 14.0 Å². The Bertz CT molecular complexity index is 556. The number of hydrogen-bond donors (Lipinski definition) is 1. The van der Waals surface area contributed by atoms with Crippen LogP contribution in [0.5, 0.6) is 0 Å². The van der Waals surface area contributed by atoms with Gasteiger partial charge in [0.15, 0.2) is 0 Å². The topological polar surface area (TPSA) is 68.0 Å². The van der Waals surface area contributed by atoms with Crippen molar-refractivity contribution in [1.82, 2.24) is 14.8 Å². The Morgan fingerprint density at radius 3 is 2.62 bits per heavy atom. The Morgan fingerprint density at radius 2 is 2.19 bits per heavy atom. The van der Waals surface area contributed by atoms with Crippen LogP contribution in [0.25, 0.3) is 10.6 Å². The molecule has 0 fully saturated rings. The van der Waals surface area contributed by atoms with Gasteiger partial charge < -0.3 is 5.11 Å². The largest absolute Gasteiger partial charge is 0.477 e. The molecule has 16 heavy (non-hydrogen) atoms. The quantitative estimate of drug-likeness (QED) is 0.865. The minimum atomic E-state index is -0.928. The molecule has 0 amide bonds. The monoisotopic (exact) mass is 237 g/mol. The summed E-state index contributed by atoms with van der Waals surface area (Å²) in [7, 11) is 1.84. The summed E-state index contributed by atoms with van der Waals surface area (Å²) < 4.78 is 1.74. The van der Waals surface area contributed by atoms with Gasteiger partial charge in [0.05, 0.1) is 17.5 Å². The number of hydrogen-bond acceptors (Lipinski definition) is 4. The Kier molecular flexibility index (Phi) is 2.51. The van der Waals surface area contributed by atoms with Gasteiger partial charge >= 0.3 is 5.97 Å². The van der Waals surface area contributed by atoms with E-state index in [4.69, 9.17) is 5.11 Å². The van der Waals surface area contributed by atoms with Crippen molar-refractivity contribution in [1.29, 1.82) is 0 Å². The van der Waals surface area contributed by atoms with Crippen molar-refractivity contribution in [2.75, 3.05) is 0 Å². The molecule has 5 nitrogen and oxygen atoms in total. The standard InChI is InChI=1S/C10H11N3O2S/c1-5-8(10(14)15)16-9(12-5)7-4-11-13(3)6(7)2/h4H,1-3H3,(H,14,15). The number of aromatic carboxylic acids is 1. The Morgan fingerprint density at radius 1 is 1.50 bits per heavy atom. The molecule has 0 aliphatic rings. The van der Waals surface area contributed by atoms with Crippen LogP contribution in [0.1, 0.15) is 21.1 Å². The van der Waals surface area contributed by atoms with Crippen molar-refractivity contribution in [2.45, 2.75) is 13.8 Å². The lowest BCUT2D eigenvalue weighted by Gasteiger charge is -1.95. The van der Waals surface area contributed by atoms with Crippen LogP contribution >= 0.6 is 11.3 Å². The Balaban J connectivity index is 2.53. The van der Waals surface area contributed by atoms with Crippen LogP contribution < -0.4 is 0 Å². The van der Waals surface area contributed by atoms with Crippen LogP contribution in [-0.2, 0) is 7.05 Å². The molecule has 2 aromatic heterocycles. The zero-order valence-corrected chi connectivity index (χ0v) is 10.00. The van der Waals surface area contributed by atoms with Crippen LogP contribution in [0.3, 0.4) is 0 Å². The number of carboxylic acids is 1. The van der Waals surface area contributed by atoms with E-state index in [9.17, 15) is 4.79 Å². The first kappa shape index (κ1) is 10.8. The van der Waals surface area contributed by atoms with Crippen LogP contribution in [-0.4, -0.2) is 25.8 Å². The summed E-state index contributed by atoms with van der Waals surface area (Å²) in [6, 6.07) is 0. The molecule has 0 atom stereocenters. The summed E-state index contributed by atoms with van der Waals surface area (Å²) in [6.07, 6.45) is 1.71. The normalized spacial score (nSPS) is 10.7. The van der Waals surface area contributed by atoms with Crippen LogP contribution in [0.4, 0.5) is 0 Å². The van der Waals surface area contributed by atoms with E-state index in [2.05, 4.69) is 10.1 Å². The SMILES string of the molecule is Cc1nc(-c2cnn(C)c2C)sc1C(=O)O. The lowest BCUT2D eigenvalue weighted by Crippen LogP contribution is -1.94. The molecule has 1 N–H and O–H groups in total. The molecule has 0 aliphatic heterocycles. The third-order valence-corrected chi connectivity index (χ3v) is 3.64. The van der Waals surface area contributed by atoms with Crippen LogP contribution in [0.2, 0.25) is 0 Å². The summed E-state index contributed by atoms with van der Waals surface area (Å²) in [5, 5.41) is 13.8. The van der Waals surface area contributed by atoms with Gasteiger partial charge in [-0.2, -0.15) is 5.10 Å². The van der Waals surface area contributed by atoms with Gasteiger partial charge in [-0.1, -0.05) is 0 Å². The maximum absolute atomic E-state index is 10.9. The Hall–Kier alpha value is -1.69. The third kappa shape index (κ3) is 1.61. The summed E-state index contributed by atoms with van der Waals surface area (Å²) in [5.41, 5.74) is 2.42. The van der Waals surface area contributed by atoms with Gasteiger partial charge in [0.1, 0.15) is 9.88 Å². The van der Waals surface area contributed by atoms with E-state index in [-0.39, 0.29) is 0 Å². The highest BCUT2D eigenvalue weighted by Gasteiger charge is 2.17. The average molecular weight is 237 g/mol. The zero-order chi connectivity index (χ0) is 11.9. The summed E-state index contributed by atoms with van der Waals surface area (Å²) in [4.78, 5) is 15.5. The van der Waals surface area contributed by atoms with Crippen molar-refractivity contribution in [2.24, 2.45) is 7.05 Å². The summed E-state index contributed by atoms with van der Waals surface area (Å²) in [5.74, 6) is -0.928. The summed E-state index contributed by atoms with van der Waals surface area (Å²) >= 11 is 1.18. The molecule has 84 valence electrons. The molecule has 2 heterocycles. The molecule has 0 saturated carbocycles. The van der Waals surface area contributed by atoms with Gasteiger partial charge in [-0.15, -0.1) is 11.3 Å². The highest BCUT2D eigenvalue weighted by molar-refractivity contribution is 7.17. The minimum absolute atomic E-state index is 0.290. The molecule has 0 aliphatic carbocycles. The smallest absolute Gasteiger partial charge is 0.347 e. The number of carbonyl (C=O) groups is 1. The van der Waals surface area contributed by atoms with E-state index in [1.54, 1.807) is 17.8 Å². The molecule has 0 aromatic carbocycles. The molecular formula is C10H11N3O2S. The first-order valence-corrected chi connectivity index (χ1v) is 5.52. The third-order valence-electron chi connectivity index (χ3n) is 2.46. The van der Waals surface area contributed by atoms with Crippen molar-refractivity contribution >= 4 is 17.3 Å². The fourth-order valence-electron chi connectivity index (χ4n) is 1.42. The van der Waals surface area contributed by atoms with Crippen molar-refractivity contribution in [3.8, 4) is 10.6 Å². The van der Waals surface area contributed by atoms with Gasteiger partial charge in [0, 0.05) is 12.7 Å². The van der Waals surface area contributed by atoms with E-state index in [0.717, 1.165) is 11.3 Å². The fourth-order valence-corrected chi connectivity index (χ4v) is 2.39. The highest BCUT2D eigenvalue weighted by atomic mass is 32.1. The van der Waals surface area contributed by atoms with E-state index in [1.165, 1.54) is 11.3 Å². The Labute approximate surface area is 96.4 Å². The average Bonchev–Trinajstić information content (AvgIpc) is 2.73. The zero-order valence-electron chi connectivity index (χ0n) is 9.18. The molecule has 6 heteroatoms. The van der Waals surface area contributed by atoms with Crippen molar-refractivity contribution in [3.63, 3.8) is 0 Å². The molecular weight excluding hydrogens is 226 g/mol. The van der Waals surface area contributed by atoms with Crippen LogP contribution in [0, 0.1) is 13.8 Å². The first-order valence-electron chi connectivity index (χ1n) is 4.70. The summed E-state index contributed by atoms with van der Waals surface area (Å²) in [6.45, 7) is 3.63. The molecule has 0 saturated heterocycles. The number of thiazole rings is 1. The number of rotatable bonds is 2. The van der Waals surface area contributed by atoms with E-state index < -0.39 is 5.97 Å². The van der Waals surface area contributed by atoms with Crippen molar-refractivity contribution < 1.29 is 9.90 Å². The number of aromatic nitrogens is 3. The van der Waals surface area contributed by atoms with Gasteiger partial charge in [-0.3, -0.25) is 4.68 Å². The predicted octanol–water partition coefficient (Wildman–Crippen LogP) is 1.86.